The quantitative estimate of drug-likeness (QED) is 0.478. The first-order valence-electron chi connectivity index (χ1n) is 8.90. The van der Waals surface area contributed by atoms with E-state index in [1.54, 1.807) is 18.2 Å². The molecule has 4 rings (SSSR count). The van der Waals surface area contributed by atoms with Gasteiger partial charge in [-0.1, -0.05) is 35.9 Å². The topological polar surface area (TPSA) is 88.5 Å². The van der Waals surface area contributed by atoms with Gasteiger partial charge >= 0.3 is 0 Å². The lowest BCUT2D eigenvalue weighted by Gasteiger charge is -2.35. The van der Waals surface area contributed by atoms with Crippen LogP contribution in [-0.2, 0) is 6.54 Å². The number of anilines is 1. The molecule has 0 unspecified atom stereocenters. The van der Waals surface area contributed by atoms with Crippen molar-refractivity contribution in [1.29, 1.82) is 0 Å². The lowest BCUT2D eigenvalue weighted by molar-refractivity contribution is -0.384. The number of nitro benzene ring substituents is 1. The maximum absolute atomic E-state index is 11.2. The van der Waals surface area contributed by atoms with Gasteiger partial charge < -0.3 is 9.32 Å². The standard InChI is InChI=1S/C19H18ClN5O3/c20-15-6-2-1-5-14(15)19-22-21-18(28-19)13-23-9-11-24(12-10-23)16-7-3-4-8-17(16)25(26)27/h1-8H,9-13H2. The first kappa shape index (κ1) is 18.4. The second kappa shape index (κ2) is 7.95. The highest BCUT2D eigenvalue weighted by Gasteiger charge is 2.24. The fourth-order valence-corrected chi connectivity index (χ4v) is 3.50. The van der Waals surface area contributed by atoms with E-state index in [0.717, 1.165) is 13.1 Å². The smallest absolute Gasteiger partial charge is 0.292 e. The number of nitrogens with zero attached hydrogens (tertiary/aromatic N) is 5. The molecule has 2 aromatic carbocycles. The summed E-state index contributed by atoms with van der Waals surface area (Å²) in [6.45, 7) is 3.40. The maximum Gasteiger partial charge on any atom is 0.292 e. The van der Waals surface area contributed by atoms with Gasteiger partial charge in [0.15, 0.2) is 0 Å². The maximum atomic E-state index is 11.2. The molecule has 1 fully saturated rings. The molecule has 8 nitrogen and oxygen atoms in total. The van der Waals surface area contributed by atoms with Crippen LogP contribution in [0.2, 0.25) is 5.02 Å². The highest BCUT2D eigenvalue weighted by atomic mass is 35.5. The van der Waals surface area contributed by atoms with E-state index in [0.29, 0.717) is 47.7 Å². The van der Waals surface area contributed by atoms with E-state index in [4.69, 9.17) is 16.0 Å². The van der Waals surface area contributed by atoms with Crippen molar-refractivity contribution in [1.82, 2.24) is 15.1 Å². The van der Waals surface area contributed by atoms with Crippen LogP contribution in [0.1, 0.15) is 5.89 Å². The second-order valence-corrected chi connectivity index (χ2v) is 6.90. The monoisotopic (exact) mass is 399 g/mol. The van der Waals surface area contributed by atoms with Crippen molar-refractivity contribution in [2.45, 2.75) is 6.54 Å². The van der Waals surface area contributed by atoms with Crippen LogP contribution in [0.15, 0.2) is 52.9 Å². The van der Waals surface area contributed by atoms with Gasteiger partial charge in [0.2, 0.25) is 11.8 Å². The molecule has 28 heavy (non-hydrogen) atoms. The molecule has 1 aliphatic rings. The zero-order valence-corrected chi connectivity index (χ0v) is 15.7. The predicted molar refractivity (Wildman–Crippen MR) is 105 cm³/mol. The van der Waals surface area contributed by atoms with E-state index in [1.807, 2.05) is 29.2 Å². The van der Waals surface area contributed by atoms with Crippen LogP contribution in [0.5, 0.6) is 0 Å². The van der Waals surface area contributed by atoms with E-state index in [2.05, 4.69) is 15.1 Å². The molecule has 1 aliphatic heterocycles. The molecule has 3 aromatic rings. The number of piperazine rings is 1. The molecule has 0 radical (unpaired) electrons. The van der Waals surface area contributed by atoms with Crippen molar-refractivity contribution in [3.63, 3.8) is 0 Å². The number of hydrogen-bond donors (Lipinski definition) is 0. The molecule has 1 saturated heterocycles. The lowest BCUT2D eigenvalue weighted by Crippen LogP contribution is -2.46. The Balaban J connectivity index is 1.39. The summed E-state index contributed by atoms with van der Waals surface area (Å²) in [6, 6.07) is 14.2. The zero-order chi connectivity index (χ0) is 19.5. The molecule has 2 heterocycles. The van der Waals surface area contributed by atoms with E-state index >= 15 is 0 Å². The average Bonchev–Trinajstić information content (AvgIpc) is 3.17. The first-order valence-corrected chi connectivity index (χ1v) is 9.27. The molecule has 9 heteroatoms. The minimum atomic E-state index is -0.337. The summed E-state index contributed by atoms with van der Waals surface area (Å²) in [5.41, 5.74) is 1.51. The van der Waals surface area contributed by atoms with Crippen LogP contribution in [-0.4, -0.2) is 46.2 Å². The van der Waals surface area contributed by atoms with Crippen LogP contribution in [0.4, 0.5) is 11.4 Å². The number of rotatable bonds is 5. The van der Waals surface area contributed by atoms with E-state index < -0.39 is 0 Å². The minimum absolute atomic E-state index is 0.136. The molecule has 144 valence electrons. The Hall–Kier alpha value is -2.97. The minimum Gasteiger partial charge on any atom is -0.419 e. The Morgan fingerprint density at radius 3 is 2.50 bits per heavy atom. The third-order valence-electron chi connectivity index (χ3n) is 4.72. The summed E-state index contributed by atoms with van der Waals surface area (Å²) < 4.78 is 5.76. The van der Waals surface area contributed by atoms with Gasteiger partial charge in [-0.25, -0.2) is 0 Å². The molecule has 0 amide bonds. The summed E-state index contributed by atoms with van der Waals surface area (Å²) in [7, 11) is 0. The summed E-state index contributed by atoms with van der Waals surface area (Å²) in [5.74, 6) is 0.924. The van der Waals surface area contributed by atoms with E-state index in [9.17, 15) is 10.1 Å². The van der Waals surface area contributed by atoms with Crippen molar-refractivity contribution in [2.75, 3.05) is 31.1 Å². The van der Waals surface area contributed by atoms with Crippen LogP contribution in [0.3, 0.4) is 0 Å². The molecule has 0 atom stereocenters. The van der Waals surface area contributed by atoms with Crippen LogP contribution in [0.25, 0.3) is 11.5 Å². The third kappa shape index (κ3) is 3.83. The highest BCUT2D eigenvalue weighted by Crippen LogP contribution is 2.29. The zero-order valence-electron chi connectivity index (χ0n) is 15.0. The molecule has 0 bridgehead atoms. The Morgan fingerprint density at radius 2 is 1.75 bits per heavy atom. The normalized spacial score (nSPS) is 15.0. The summed E-state index contributed by atoms with van der Waals surface area (Å²) in [6.07, 6.45) is 0. The number of halogens is 1. The van der Waals surface area contributed by atoms with E-state index in [1.165, 1.54) is 6.07 Å². The Labute approximate surface area is 166 Å². The van der Waals surface area contributed by atoms with Gasteiger partial charge in [0.25, 0.3) is 5.69 Å². The van der Waals surface area contributed by atoms with Crippen LogP contribution in [0, 0.1) is 10.1 Å². The predicted octanol–water partition coefficient (Wildman–Crippen LogP) is 3.62. The van der Waals surface area contributed by atoms with Crippen LogP contribution >= 0.6 is 11.6 Å². The van der Waals surface area contributed by atoms with Crippen molar-refractivity contribution < 1.29 is 9.34 Å². The molecular formula is C19H18ClN5O3. The Morgan fingerprint density at radius 1 is 1.04 bits per heavy atom. The van der Waals surface area contributed by atoms with Crippen molar-refractivity contribution in [3.05, 3.63) is 69.6 Å². The fourth-order valence-electron chi connectivity index (χ4n) is 3.29. The number of aromatic nitrogens is 2. The van der Waals surface area contributed by atoms with Gasteiger partial charge in [-0.15, -0.1) is 10.2 Å². The van der Waals surface area contributed by atoms with Crippen molar-refractivity contribution >= 4 is 23.0 Å². The van der Waals surface area contributed by atoms with Gasteiger partial charge in [0, 0.05) is 32.2 Å². The summed E-state index contributed by atoms with van der Waals surface area (Å²) in [4.78, 5) is 15.1. The second-order valence-electron chi connectivity index (χ2n) is 6.49. The molecular weight excluding hydrogens is 382 g/mol. The summed E-state index contributed by atoms with van der Waals surface area (Å²) >= 11 is 6.18. The molecule has 1 aromatic heterocycles. The van der Waals surface area contributed by atoms with Gasteiger partial charge in [-0.2, -0.15) is 0 Å². The van der Waals surface area contributed by atoms with Gasteiger partial charge in [-0.3, -0.25) is 15.0 Å². The molecule has 0 aliphatic carbocycles. The van der Waals surface area contributed by atoms with Gasteiger partial charge in [-0.05, 0) is 18.2 Å². The average molecular weight is 400 g/mol. The molecule has 0 spiro atoms. The first-order chi connectivity index (χ1) is 13.6. The fraction of sp³-hybridized carbons (Fsp3) is 0.263. The molecule has 0 saturated carbocycles. The number of hydrogen-bond acceptors (Lipinski definition) is 7. The van der Waals surface area contributed by atoms with Gasteiger partial charge in [0.05, 0.1) is 22.1 Å². The lowest BCUT2D eigenvalue weighted by atomic mass is 10.2. The number of benzene rings is 2. The van der Waals surface area contributed by atoms with Crippen molar-refractivity contribution in [3.8, 4) is 11.5 Å². The van der Waals surface area contributed by atoms with Crippen molar-refractivity contribution in [2.24, 2.45) is 0 Å². The molecule has 0 N–H and O–H groups in total. The Kier molecular flexibility index (Phi) is 5.23. The third-order valence-corrected chi connectivity index (χ3v) is 5.05. The van der Waals surface area contributed by atoms with Crippen LogP contribution < -0.4 is 4.90 Å². The largest absolute Gasteiger partial charge is 0.419 e. The Bertz CT molecular complexity index is 985. The van der Waals surface area contributed by atoms with Gasteiger partial charge in [0.1, 0.15) is 5.69 Å². The summed E-state index contributed by atoms with van der Waals surface area (Å²) in [5, 5.41) is 20.0. The highest BCUT2D eigenvalue weighted by molar-refractivity contribution is 6.33. The number of para-hydroxylation sites is 2. The van der Waals surface area contributed by atoms with E-state index in [-0.39, 0.29) is 10.6 Å². The SMILES string of the molecule is O=[N+]([O-])c1ccccc1N1CCN(Cc2nnc(-c3ccccc3Cl)o2)CC1. The number of nitro groups is 1.